The van der Waals surface area contributed by atoms with Crippen molar-refractivity contribution < 1.29 is 19.1 Å². The number of amides is 2. The Kier molecular flexibility index (Phi) is 9.32. The number of nitrogens with one attached hydrogen (secondary N) is 2. The molecule has 8 heteroatoms. The molecule has 0 bridgehead atoms. The predicted octanol–water partition coefficient (Wildman–Crippen LogP) is 6.40. The van der Waals surface area contributed by atoms with Crippen LogP contribution in [-0.4, -0.2) is 24.8 Å². The summed E-state index contributed by atoms with van der Waals surface area (Å²) in [7, 11) is 0. The molecule has 4 aromatic carbocycles. The predicted molar refractivity (Wildman–Crippen MR) is 149 cm³/mol. The number of hydrogen-bond donors (Lipinski definition) is 2. The lowest BCUT2D eigenvalue weighted by Crippen LogP contribution is -2.33. The van der Waals surface area contributed by atoms with Gasteiger partial charge in [0.15, 0.2) is 0 Å². The smallest absolute Gasteiger partial charge is 0.407 e. The summed E-state index contributed by atoms with van der Waals surface area (Å²) in [5, 5.41) is 9.57. The van der Waals surface area contributed by atoms with Crippen molar-refractivity contribution in [3.63, 3.8) is 0 Å². The number of alkyl carbamates (subject to hydrolysis) is 1. The largest absolute Gasteiger partial charge is 0.488 e. The lowest BCUT2D eigenvalue weighted by molar-refractivity contribution is -0.121. The summed E-state index contributed by atoms with van der Waals surface area (Å²) in [6.07, 6.45) is 0.972. The first kappa shape index (κ1) is 26.7. The van der Waals surface area contributed by atoms with Gasteiger partial charge >= 0.3 is 6.09 Å². The molecule has 7 nitrogen and oxygen atoms in total. The Bertz CT molecular complexity index is 1410. The second-order valence-electron chi connectivity index (χ2n) is 8.44. The van der Waals surface area contributed by atoms with E-state index in [1.165, 1.54) is 0 Å². The minimum Gasteiger partial charge on any atom is -0.488 e. The van der Waals surface area contributed by atoms with Gasteiger partial charge in [-0.3, -0.25) is 4.79 Å². The molecule has 0 aliphatic rings. The van der Waals surface area contributed by atoms with Crippen LogP contribution in [0.2, 0.25) is 5.02 Å². The molecule has 194 valence electrons. The number of carbonyl (C=O) groups is 2. The second-order valence-corrected chi connectivity index (χ2v) is 8.88. The van der Waals surface area contributed by atoms with Gasteiger partial charge in [0.25, 0.3) is 0 Å². The Hall–Kier alpha value is -4.36. The summed E-state index contributed by atoms with van der Waals surface area (Å²) in [5.74, 6) is 0.263. The highest BCUT2D eigenvalue weighted by Crippen LogP contribution is 2.27. The first-order chi connectivity index (χ1) is 18.5. The van der Waals surface area contributed by atoms with Crippen molar-refractivity contribution in [2.75, 3.05) is 6.61 Å². The van der Waals surface area contributed by atoms with Crippen LogP contribution < -0.4 is 15.5 Å². The minimum atomic E-state index is -0.587. The molecule has 0 saturated carbocycles. The third-order valence-corrected chi connectivity index (χ3v) is 6.03. The van der Waals surface area contributed by atoms with Gasteiger partial charge in [-0.1, -0.05) is 84.4 Å². The van der Waals surface area contributed by atoms with Crippen LogP contribution in [0, 0.1) is 0 Å². The summed E-state index contributed by atoms with van der Waals surface area (Å²) in [4.78, 5) is 24.8. The van der Waals surface area contributed by atoms with Crippen LogP contribution in [0.3, 0.4) is 0 Å². The quantitative estimate of drug-likeness (QED) is 0.184. The first-order valence-electron chi connectivity index (χ1n) is 12.2. The van der Waals surface area contributed by atoms with Gasteiger partial charge in [0.05, 0.1) is 25.3 Å². The van der Waals surface area contributed by atoms with E-state index in [2.05, 4.69) is 15.8 Å². The Morgan fingerprint density at radius 3 is 2.45 bits per heavy atom. The minimum absolute atomic E-state index is 0.0182. The Labute approximate surface area is 226 Å². The van der Waals surface area contributed by atoms with Gasteiger partial charge in [-0.25, -0.2) is 10.2 Å². The Balaban J connectivity index is 1.49. The summed E-state index contributed by atoms with van der Waals surface area (Å²) in [6.45, 7) is 2.30. The van der Waals surface area contributed by atoms with E-state index in [1.54, 1.807) is 13.1 Å². The fourth-order valence-electron chi connectivity index (χ4n) is 3.93. The van der Waals surface area contributed by atoms with Gasteiger partial charge in [0.1, 0.15) is 12.4 Å². The Morgan fingerprint density at radius 2 is 1.68 bits per heavy atom. The fraction of sp³-hybridized carbons (Fsp3) is 0.167. The van der Waals surface area contributed by atoms with Crippen LogP contribution in [0.4, 0.5) is 4.79 Å². The van der Waals surface area contributed by atoms with E-state index in [0.717, 1.165) is 27.5 Å². The average molecular weight is 530 g/mol. The number of benzene rings is 4. The van der Waals surface area contributed by atoms with E-state index in [9.17, 15) is 9.59 Å². The maximum Gasteiger partial charge on any atom is 0.407 e. The summed E-state index contributed by atoms with van der Waals surface area (Å²) in [6, 6.07) is 27.9. The van der Waals surface area contributed by atoms with Crippen LogP contribution >= 0.6 is 11.6 Å². The van der Waals surface area contributed by atoms with E-state index < -0.39 is 12.1 Å². The van der Waals surface area contributed by atoms with Gasteiger partial charge in [-0.15, -0.1) is 0 Å². The number of nitrogens with zero attached hydrogens (tertiary/aromatic N) is 1. The second kappa shape index (κ2) is 13.3. The zero-order valence-corrected chi connectivity index (χ0v) is 21.7. The highest BCUT2D eigenvalue weighted by atomic mass is 35.5. The fourth-order valence-corrected chi connectivity index (χ4v) is 4.05. The topological polar surface area (TPSA) is 89.0 Å². The molecule has 2 amide bonds. The van der Waals surface area contributed by atoms with Crippen molar-refractivity contribution in [3.8, 4) is 5.75 Å². The molecule has 0 saturated heterocycles. The van der Waals surface area contributed by atoms with Crippen molar-refractivity contribution in [3.05, 3.63) is 113 Å². The molecule has 4 aromatic rings. The molecule has 0 aliphatic heterocycles. The molecule has 0 heterocycles. The molecule has 0 aromatic heterocycles. The van der Waals surface area contributed by atoms with E-state index >= 15 is 0 Å². The lowest BCUT2D eigenvalue weighted by atomic mass is 10.0. The lowest BCUT2D eigenvalue weighted by Gasteiger charge is -2.18. The first-order valence-corrected chi connectivity index (χ1v) is 12.6. The van der Waals surface area contributed by atoms with Gasteiger partial charge in [0.2, 0.25) is 5.91 Å². The maximum atomic E-state index is 12.8. The van der Waals surface area contributed by atoms with Crippen molar-refractivity contribution >= 4 is 40.6 Å². The SMILES string of the molecule is CCOC(=O)N[C@H](CC(=O)N/N=C\c1c(OCc2ccc(Cl)cc2)ccc2ccccc12)c1ccccc1. The number of rotatable bonds is 10. The zero-order chi connectivity index (χ0) is 26.7. The number of hydrazone groups is 1. The summed E-state index contributed by atoms with van der Waals surface area (Å²) < 4.78 is 11.1. The normalized spacial score (nSPS) is 11.7. The van der Waals surface area contributed by atoms with Gasteiger partial charge < -0.3 is 14.8 Å². The van der Waals surface area contributed by atoms with E-state index in [-0.39, 0.29) is 18.9 Å². The van der Waals surface area contributed by atoms with Crippen LogP contribution in [0.15, 0.2) is 96.1 Å². The molecular weight excluding hydrogens is 502 g/mol. The summed E-state index contributed by atoms with van der Waals surface area (Å²) in [5.41, 5.74) is 5.07. The van der Waals surface area contributed by atoms with Gasteiger partial charge in [-0.05, 0) is 47.0 Å². The van der Waals surface area contributed by atoms with Crippen molar-refractivity contribution in [1.82, 2.24) is 10.7 Å². The van der Waals surface area contributed by atoms with E-state index in [1.807, 2.05) is 91.0 Å². The van der Waals surface area contributed by atoms with Crippen LogP contribution in [0.25, 0.3) is 10.8 Å². The zero-order valence-electron chi connectivity index (χ0n) is 20.9. The molecule has 0 unspecified atom stereocenters. The molecule has 38 heavy (non-hydrogen) atoms. The number of carbonyl (C=O) groups excluding carboxylic acids is 2. The van der Waals surface area contributed by atoms with Crippen molar-refractivity contribution in [2.45, 2.75) is 26.0 Å². The van der Waals surface area contributed by atoms with Crippen LogP contribution in [-0.2, 0) is 16.1 Å². The third kappa shape index (κ3) is 7.33. The third-order valence-electron chi connectivity index (χ3n) is 5.78. The summed E-state index contributed by atoms with van der Waals surface area (Å²) >= 11 is 5.99. The molecule has 2 N–H and O–H groups in total. The highest BCUT2D eigenvalue weighted by Gasteiger charge is 2.19. The molecule has 0 fully saturated rings. The molecule has 4 rings (SSSR count). The molecule has 0 aliphatic carbocycles. The number of hydrogen-bond acceptors (Lipinski definition) is 5. The van der Waals surface area contributed by atoms with E-state index in [0.29, 0.717) is 17.4 Å². The Morgan fingerprint density at radius 1 is 0.947 bits per heavy atom. The molecule has 0 radical (unpaired) electrons. The number of ether oxygens (including phenoxy) is 2. The van der Waals surface area contributed by atoms with Crippen LogP contribution in [0.1, 0.15) is 36.1 Å². The van der Waals surface area contributed by atoms with Crippen LogP contribution in [0.5, 0.6) is 5.75 Å². The van der Waals surface area contributed by atoms with Gasteiger partial charge in [-0.2, -0.15) is 5.10 Å². The standard InChI is InChI=1S/C30H28ClN3O4/c1-2-37-30(36)33-27(23-9-4-3-5-10-23)18-29(35)34-32-19-26-25-11-7-6-8-22(25)14-17-28(26)38-20-21-12-15-24(31)16-13-21/h3-17,19,27H,2,18,20H2,1H3,(H,33,36)(H,34,35)/b32-19-/t27-/m1/s1. The van der Waals surface area contributed by atoms with Crippen molar-refractivity contribution in [1.29, 1.82) is 0 Å². The number of fused-ring (bicyclic) bond motifs is 1. The van der Waals surface area contributed by atoms with Crippen molar-refractivity contribution in [2.24, 2.45) is 5.10 Å². The highest BCUT2D eigenvalue weighted by molar-refractivity contribution is 6.30. The van der Waals surface area contributed by atoms with Gasteiger partial charge in [0, 0.05) is 10.6 Å². The van der Waals surface area contributed by atoms with E-state index in [4.69, 9.17) is 21.1 Å². The maximum absolute atomic E-state index is 12.8. The number of halogens is 1. The molecule has 1 atom stereocenters. The average Bonchev–Trinajstić information content (AvgIpc) is 2.93. The monoisotopic (exact) mass is 529 g/mol. The molecule has 0 spiro atoms. The molecular formula is C30H28ClN3O4.